The van der Waals surface area contributed by atoms with Gasteiger partial charge >= 0.3 is 6.98 Å². The van der Waals surface area contributed by atoms with Gasteiger partial charge in [0.15, 0.2) is 5.82 Å². The number of hydrogen-bond acceptors (Lipinski definition) is 3. The van der Waals surface area contributed by atoms with Crippen LogP contribution >= 0.6 is 0 Å². The monoisotopic (exact) mass is 284 g/mol. The summed E-state index contributed by atoms with van der Waals surface area (Å²) in [6.07, 6.45) is 1.42. The van der Waals surface area contributed by atoms with E-state index in [2.05, 4.69) is 10.1 Å². The lowest BCUT2D eigenvalue weighted by Crippen LogP contribution is -2.34. The van der Waals surface area contributed by atoms with Crippen LogP contribution in [0.15, 0.2) is 24.5 Å². The van der Waals surface area contributed by atoms with Gasteiger partial charge in [-0.15, -0.1) is 5.46 Å². The minimum absolute atomic E-state index is 0.172. The van der Waals surface area contributed by atoms with E-state index in [0.29, 0.717) is 23.7 Å². The fourth-order valence-electron chi connectivity index (χ4n) is 1.84. The normalized spacial score (nSPS) is 11.7. The molecule has 0 bridgehead atoms. The maximum atomic E-state index is 12.6. The molecular weight excluding hydrogens is 270 g/mol. The van der Waals surface area contributed by atoms with Crippen LogP contribution < -0.4 is 10.2 Å². The predicted molar refractivity (Wildman–Crippen MR) is 69.9 cm³/mol. The molecule has 0 unspecified atom stereocenters. The van der Waals surface area contributed by atoms with Gasteiger partial charge in [0.2, 0.25) is 0 Å². The van der Waals surface area contributed by atoms with Crippen molar-refractivity contribution in [1.82, 2.24) is 14.8 Å². The van der Waals surface area contributed by atoms with Gasteiger partial charge in [0.05, 0.1) is 0 Å². The largest absolute Gasteiger partial charge is 0.509 e. The Morgan fingerprint density at radius 2 is 2.05 bits per heavy atom. The number of aromatic nitrogens is 3. The summed E-state index contributed by atoms with van der Waals surface area (Å²) in [7, 11) is 0. The van der Waals surface area contributed by atoms with E-state index in [0.717, 1.165) is 12.1 Å². The summed E-state index contributed by atoms with van der Waals surface area (Å²) < 4.78 is 45.0. The third kappa shape index (κ3) is 3.12. The van der Waals surface area contributed by atoms with Crippen LogP contribution in [0.4, 0.5) is 12.9 Å². The first-order chi connectivity index (χ1) is 9.41. The van der Waals surface area contributed by atoms with Crippen LogP contribution in [0.25, 0.3) is 0 Å². The first kappa shape index (κ1) is 14.4. The highest BCUT2D eigenvalue weighted by Crippen LogP contribution is 2.19. The lowest BCUT2D eigenvalue weighted by molar-refractivity contribution is 0.285. The summed E-state index contributed by atoms with van der Waals surface area (Å²) in [5, 5.41) is 4.00. The zero-order valence-corrected chi connectivity index (χ0v) is 11.2. The lowest BCUT2D eigenvalue weighted by Gasteiger charge is -2.17. The zero-order chi connectivity index (χ0) is 14.8. The molecule has 0 spiro atoms. The molecule has 20 heavy (non-hydrogen) atoms. The Morgan fingerprint density at radius 1 is 1.30 bits per heavy atom. The van der Waals surface area contributed by atoms with Gasteiger partial charge in [-0.05, 0) is 25.5 Å². The molecule has 1 heterocycles. The first-order valence-electron chi connectivity index (χ1n) is 6.21. The van der Waals surface area contributed by atoms with Crippen LogP contribution in [0.5, 0.6) is 5.75 Å². The van der Waals surface area contributed by atoms with Gasteiger partial charge in [-0.3, -0.25) is 0 Å². The second kappa shape index (κ2) is 5.56. The number of ether oxygens (including phenoxy) is 1. The molecule has 108 valence electrons. The third-order valence-electron chi connectivity index (χ3n) is 2.93. The Morgan fingerprint density at radius 3 is 2.65 bits per heavy atom. The molecule has 0 atom stereocenters. The van der Waals surface area contributed by atoms with E-state index in [1.807, 2.05) is 6.92 Å². The first-order valence-corrected chi connectivity index (χ1v) is 6.21. The molecule has 0 aliphatic heterocycles. The van der Waals surface area contributed by atoms with Crippen molar-refractivity contribution in [3.63, 3.8) is 0 Å². The average molecular weight is 284 g/mol. The van der Waals surface area contributed by atoms with Crippen molar-refractivity contribution in [2.75, 3.05) is 0 Å². The Hall–Kier alpha value is -1.99. The lowest BCUT2D eigenvalue weighted by atomic mass is 9.79. The molecule has 2 rings (SSSR count). The number of hydrogen-bond donors (Lipinski definition) is 0. The fourth-order valence-corrected chi connectivity index (χ4v) is 1.84. The molecular formula is C12H14BF3N3O-. The van der Waals surface area contributed by atoms with Crippen molar-refractivity contribution < 1.29 is 17.7 Å². The smallest absolute Gasteiger partial charge is 0.485 e. The van der Waals surface area contributed by atoms with Crippen LogP contribution in [-0.2, 0) is 13.2 Å². The van der Waals surface area contributed by atoms with Gasteiger partial charge in [0.1, 0.15) is 18.7 Å². The number of rotatable bonds is 5. The van der Waals surface area contributed by atoms with Crippen LogP contribution in [0, 0.1) is 6.92 Å². The van der Waals surface area contributed by atoms with Gasteiger partial charge in [-0.2, -0.15) is 5.10 Å². The molecule has 8 heteroatoms. The Bertz CT molecular complexity index is 598. The van der Waals surface area contributed by atoms with Gasteiger partial charge in [-0.25, -0.2) is 9.67 Å². The topological polar surface area (TPSA) is 39.9 Å². The molecule has 0 aliphatic carbocycles. The number of benzene rings is 1. The molecule has 0 N–H and O–H groups in total. The Labute approximate surface area is 114 Å². The van der Waals surface area contributed by atoms with Crippen molar-refractivity contribution >= 4 is 12.4 Å². The van der Waals surface area contributed by atoms with E-state index in [9.17, 15) is 12.9 Å². The van der Waals surface area contributed by atoms with E-state index < -0.39 is 12.4 Å². The summed E-state index contributed by atoms with van der Waals surface area (Å²) in [5.74, 6) is 1.05. The van der Waals surface area contributed by atoms with Crippen molar-refractivity contribution in [1.29, 1.82) is 0 Å². The van der Waals surface area contributed by atoms with Gasteiger partial charge in [0, 0.05) is 6.54 Å². The van der Waals surface area contributed by atoms with Crippen LogP contribution in [0.1, 0.15) is 18.3 Å². The highest BCUT2D eigenvalue weighted by molar-refractivity contribution is 6.73. The predicted octanol–water partition coefficient (Wildman–Crippen LogP) is 2.24. The SMILES string of the molecule is CCn1ncnc1COc1ccc([B-](F)(F)F)cc1C. The summed E-state index contributed by atoms with van der Waals surface area (Å²) in [6, 6.07) is 3.47. The van der Waals surface area contributed by atoms with Gasteiger partial charge in [-0.1, -0.05) is 12.1 Å². The highest BCUT2D eigenvalue weighted by atomic mass is 19.4. The molecule has 0 aliphatic rings. The average Bonchev–Trinajstić information content (AvgIpc) is 2.83. The summed E-state index contributed by atoms with van der Waals surface area (Å²) in [4.78, 5) is 4.04. The van der Waals surface area contributed by atoms with Gasteiger partial charge in [0.25, 0.3) is 0 Å². The molecule has 1 aromatic carbocycles. The van der Waals surface area contributed by atoms with Crippen LogP contribution in [-0.4, -0.2) is 21.7 Å². The van der Waals surface area contributed by atoms with Crippen LogP contribution in [0.3, 0.4) is 0 Å². The van der Waals surface area contributed by atoms with E-state index in [1.54, 1.807) is 11.6 Å². The maximum Gasteiger partial charge on any atom is 0.509 e. The molecule has 0 amide bonds. The Kier molecular flexibility index (Phi) is 4.01. The molecule has 0 fully saturated rings. The summed E-state index contributed by atoms with van der Waals surface area (Å²) >= 11 is 0. The number of nitrogens with zero attached hydrogens (tertiary/aromatic N) is 3. The fraction of sp³-hybridized carbons (Fsp3) is 0.333. The van der Waals surface area contributed by atoms with Crippen molar-refractivity contribution in [2.45, 2.75) is 27.0 Å². The van der Waals surface area contributed by atoms with Crippen molar-refractivity contribution in [3.8, 4) is 5.75 Å². The van der Waals surface area contributed by atoms with Crippen molar-refractivity contribution in [3.05, 3.63) is 35.9 Å². The molecule has 0 saturated heterocycles. The molecule has 0 radical (unpaired) electrons. The minimum Gasteiger partial charge on any atom is -0.485 e. The number of halogens is 3. The quantitative estimate of drug-likeness (QED) is 0.790. The van der Waals surface area contributed by atoms with Gasteiger partial charge < -0.3 is 17.7 Å². The molecule has 0 saturated carbocycles. The minimum atomic E-state index is -4.98. The highest BCUT2D eigenvalue weighted by Gasteiger charge is 2.25. The van der Waals surface area contributed by atoms with E-state index >= 15 is 0 Å². The summed E-state index contributed by atoms with van der Waals surface area (Å²) in [5.41, 5.74) is -0.171. The number of aryl methyl sites for hydroxylation is 2. The second-order valence-electron chi connectivity index (χ2n) is 4.38. The molecule has 2 aromatic rings. The van der Waals surface area contributed by atoms with Crippen LogP contribution in [0.2, 0.25) is 0 Å². The van der Waals surface area contributed by atoms with E-state index in [-0.39, 0.29) is 6.61 Å². The van der Waals surface area contributed by atoms with E-state index in [1.165, 1.54) is 12.4 Å². The third-order valence-corrected chi connectivity index (χ3v) is 2.93. The second-order valence-corrected chi connectivity index (χ2v) is 4.38. The molecule has 4 nitrogen and oxygen atoms in total. The van der Waals surface area contributed by atoms with Crippen molar-refractivity contribution in [2.24, 2.45) is 0 Å². The maximum absolute atomic E-state index is 12.6. The Balaban J connectivity index is 2.11. The summed E-state index contributed by atoms with van der Waals surface area (Å²) in [6.45, 7) is -0.640. The zero-order valence-electron chi connectivity index (χ0n) is 11.2. The molecule has 1 aromatic heterocycles. The van der Waals surface area contributed by atoms with E-state index in [4.69, 9.17) is 4.74 Å². The standard InChI is InChI=1S/C12H14BF3N3O/c1-3-19-12(17-8-18-19)7-20-11-5-4-10(6-9(11)2)13(14,15)16/h4-6,8H,3,7H2,1-2H3/q-1.